The molecule has 0 fully saturated rings. The Morgan fingerprint density at radius 2 is 1.88 bits per heavy atom. The first-order valence-electron chi connectivity index (χ1n) is 9.44. The molecule has 2 N–H and O–H groups in total. The van der Waals surface area contributed by atoms with Crippen molar-refractivity contribution >= 4 is 28.3 Å². The minimum absolute atomic E-state index is 0.131. The average Bonchev–Trinajstić information content (AvgIpc) is 3.16. The van der Waals surface area contributed by atoms with Crippen LogP contribution in [0, 0.1) is 0 Å². The van der Waals surface area contributed by atoms with E-state index in [2.05, 4.69) is 15.6 Å². The van der Waals surface area contributed by atoms with Crippen LogP contribution in [0.4, 0.5) is 18.3 Å². The molecule has 11 heteroatoms. The predicted octanol–water partition coefficient (Wildman–Crippen LogP) is 3.83. The molecule has 32 heavy (non-hydrogen) atoms. The Morgan fingerprint density at radius 3 is 2.50 bits per heavy atom. The number of aromatic nitrogens is 2. The second-order valence-corrected chi connectivity index (χ2v) is 7.84. The van der Waals surface area contributed by atoms with Gasteiger partial charge in [-0.25, -0.2) is 4.98 Å². The third-order valence-electron chi connectivity index (χ3n) is 4.52. The van der Waals surface area contributed by atoms with Gasteiger partial charge in [-0.15, -0.1) is 11.3 Å². The van der Waals surface area contributed by atoms with E-state index in [-0.39, 0.29) is 17.1 Å². The summed E-state index contributed by atoms with van der Waals surface area (Å²) in [5.41, 5.74) is -0.321. The Kier molecular flexibility index (Phi) is 6.78. The molecule has 3 rings (SSSR count). The maximum atomic E-state index is 12.9. The molecular weight excluding hydrogens is 445 g/mol. The van der Waals surface area contributed by atoms with Crippen LogP contribution in [0.2, 0.25) is 0 Å². The summed E-state index contributed by atoms with van der Waals surface area (Å²) in [4.78, 5) is 39.7. The Labute approximate surface area is 184 Å². The number of halogens is 3. The zero-order valence-electron chi connectivity index (χ0n) is 17.1. The molecule has 2 amide bonds. The van der Waals surface area contributed by atoms with Gasteiger partial charge < -0.3 is 15.2 Å². The molecule has 0 spiro atoms. The Balaban J connectivity index is 1.67. The normalized spacial score (nSPS) is 12.3. The van der Waals surface area contributed by atoms with Crippen molar-refractivity contribution in [2.45, 2.75) is 32.6 Å². The molecule has 7 nitrogen and oxygen atoms in total. The molecule has 0 bridgehead atoms. The van der Waals surface area contributed by atoms with E-state index in [0.717, 1.165) is 34.7 Å². The number of rotatable bonds is 6. The number of alkyl halides is 3. The van der Waals surface area contributed by atoms with Gasteiger partial charge in [0.05, 0.1) is 11.7 Å². The smallest absolute Gasteiger partial charge is 0.350 e. The lowest BCUT2D eigenvalue weighted by Gasteiger charge is -2.13. The highest BCUT2D eigenvalue weighted by molar-refractivity contribution is 7.14. The van der Waals surface area contributed by atoms with Crippen molar-refractivity contribution in [3.63, 3.8) is 0 Å². The van der Waals surface area contributed by atoms with Gasteiger partial charge in [-0.3, -0.25) is 14.4 Å². The van der Waals surface area contributed by atoms with Gasteiger partial charge in [0.1, 0.15) is 12.1 Å². The van der Waals surface area contributed by atoms with E-state index in [0.29, 0.717) is 16.3 Å². The first kappa shape index (κ1) is 23.2. The SMILES string of the molecule is CC(=O)NC(C)c1ccc(-c2csc(NC(=O)Cn3cccc(C(F)(F)F)c3=O)n2)cc1. The van der Waals surface area contributed by atoms with Crippen molar-refractivity contribution < 1.29 is 22.8 Å². The maximum absolute atomic E-state index is 12.9. The number of pyridine rings is 1. The number of nitrogens with zero attached hydrogens (tertiary/aromatic N) is 2. The van der Waals surface area contributed by atoms with Crippen LogP contribution in [-0.2, 0) is 22.3 Å². The highest BCUT2D eigenvalue weighted by atomic mass is 32.1. The van der Waals surface area contributed by atoms with Crippen LogP contribution in [0.3, 0.4) is 0 Å². The molecule has 0 aliphatic carbocycles. The molecule has 1 unspecified atom stereocenters. The third kappa shape index (κ3) is 5.61. The van der Waals surface area contributed by atoms with Gasteiger partial charge in [-0.1, -0.05) is 24.3 Å². The summed E-state index contributed by atoms with van der Waals surface area (Å²) in [6, 6.07) is 8.96. The van der Waals surface area contributed by atoms with Gasteiger partial charge in [0.25, 0.3) is 5.56 Å². The van der Waals surface area contributed by atoms with Gasteiger partial charge >= 0.3 is 6.18 Å². The lowest BCUT2D eigenvalue weighted by Crippen LogP contribution is -2.31. The van der Waals surface area contributed by atoms with Gasteiger partial charge in [-0.05, 0) is 24.6 Å². The molecule has 3 aromatic rings. The van der Waals surface area contributed by atoms with Crippen LogP contribution in [0.5, 0.6) is 0 Å². The van der Waals surface area contributed by atoms with Crippen LogP contribution >= 0.6 is 11.3 Å². The maximum Gasteiger partial charge on any atom is 0.421 e. The van der Waals surface area contributed by atoms with Gasteiger partial charge in [-0.2, -0.15) is 13.2 Å². The van der Waals surface area contributed by atoms with Crippen LogP contribution in [0.15, 0.2) is 52.8 Å². The number of benzene rings is 1. The average molecular weight is 464 g/mol. The number of hydrogen-bond donors (Lipinski definition) is 2. The molecule has 0 aliphatic heterocycles. The Hall–Kier alpha value is -3.47. The van der Waals surface area contributed by atoms with Crippen molar-refractivity contribution in [3.05, 3.63) is 69.5 Å². The Bertz CT molecular complexity index is 1190. The quantitative estimate of drug-likeness (QED) is 0.580. The highest BCUT2D eigenvalue weighted by Crippen LogP contribution is 2.27. The van der Waals surface area contributed by atoms with E-state index < -0.39 is 29.8 Å². The van der Waals surface area contributed by atoms with Crippen molar-refractivity contribution in [2.75, 3.05) is 5.32 Å². The van der Waals surface area contributed by atoms with Crippen LogP contribution in [0.25, 0.3) is 11.3 Å². The standard InChI is InChI=1S/C21H19F3N4O3S/c1-12(25-13(2)29)14-5-7-15(8-6-14)17-11-32-20(26-17)27-18(30)10-28-9-3-4-16(19(28)31)21(22,23)24/h3-9,11-12H,10H2,1-2H3,(H,25,29)(H,26,27,30). The molecule has 1 atom stereocenters. The fraction of sp³-hybridized carbons (Fsp3) is 0.238. The number of anilines is 1. The number of hydrogen-bond acceptors (Lipinski definition) is 5. The molecule has 0 aliphatic rings. The lowest BCUT2D eigenvalue weighted by molar-refractivity contribution is -0.139. The summed E-state index contributed by atoms with van der Waals surface area (Å²) in [6.07, 6.45) is -3.68. The summed E-state index contributed by atoms with van der Waals surface area (Å²) in [5, 5.41) is 7.26. The fourth-order valence-corrected chi connectivity index (χ4v) is 3.72. The molecule has 1 aromatic carbocycles. The summed E-state index contributed by atoms with van der Waals surface area (Å²) in [6.45, 7) is 2.73. The van der Waals surface area contributed by atoms with Crippen LogP contribution in [0.1, 0.15) is 31.0 Å². The van der Waals surface area contributed by atoms with Gasteiger partial charge in [0.15, 0.2) is 5.13 Å². The van der Waals surface area contributed by atoms with Crippen molar-refractivity contribution in [2.24, 2.45) is 0 Å². The zero-order valence-corrected chi connectivity index (χ0v) is 17.9. The van der Waals surface area contributed by atoms with Gasteiger partial charge in [0.2, 0.25) is 11.8 Å². The molecule has 0 saturated heterocycles. The molecule has 0 saturated carbocycles. The van der Waals surface area contributed by atoms with Crippen molar-refractivity contribution in [1.29, 1.82) is 0 Å². The number of carbonyl (C=O) groups is 2. The van der Waals surface area contributed by atoms with Crippen molar-refractivity contribution in [1.82, 2.24) is 14.9 Å². The second-order valence-electron chi connectivity index (χ2n) is 6.98. The first-order chi connectivity index (χ1) is 15.0. The van der Waals surface area contributed by atoms with E-state index in [1.54, 1.807) is 5.38 Å². The molecular formula is C21H19F3N4O3S. The molecule has 168 valence electrons. The minimum Gasteiger partial charge on any atom is -0.350 e. The monoisotopic (exact) mass is 464 g/mol. The third-order valence-corrected chi connectivity index (χ3v) is 5.27. The summed E-state index contributed by atoms with van der Waals surface area (Å²) < 4.78 is 39.3. The van der Waals surface area contributed by atoms with Crippen LogP contribution < -0.4 is 16.2 Å². The number of amides is 2. The molecule has 0 radical (unpaired) electrons. The lowest BCUT2D eigenvalue weighted by atomic mass is 10.1. The largest absolute Gasteiger partial charge is 0.421 e. The van der Waals surface area contributed by atoms with Crippen LogP contribution in [-0.4, -0.2) is 21.4 Å². The van der Waals surface area contributed by atoms with E-state index in [1.807, 2.05) is 31.2 Å². The minimum atomic E-state index is -4.80. The predicted molar refractivity (Wildman–Crippen MR) is 114 cm³/mol. The molecule has 2 heterocycles. The van der Waals surface area contributed by atoms with E-state index >= 15 is 0 Å². The number of nitrogens with one attached hydrogen (secondary N) is 2. The van der Waals surface area contributed by atoms with Gasteiger partial charge in [0, 0.05) is 24.1 Å². The first-order valence-corrected chi connectivity index (χ1v) is 10.3. The summed E-state index contributed by atoms with van der Waals surface area (Å²) in [7, 11) is 0. The number of carbonyl (C=O) groups excluding carboxylic acids is 2. The van der Waals surface area contributed by atoms with E-state index in [9.17, 15) is 27.6 Å². The summed E-state index contributed by atoms with van der Waals surface area (Å²) >= 11 is 1.15. The van der Waals surface area contributed by atoms with E-state index in [4.69, 9.17) is 0 Å². The van der Waals surface area contributed by atoms with Crippen molar-refractivity contribution in [3.8, 4) is 11.3 Å². The molecule has 2 aromatic heterocycles. The highest BCUT2D eigenvalue weighted by Gasteiger charge is 2.34. The number of thiazole rings is 1. The second kappa shape index (κ2) is 9.35. The fourth-order valence-electron chi connectivity index (χ4n) is 2.99. The summed E-state index contributed by atoms with van der Waals surface area (Å²) in [5.74, 6) is -0.805. The zero-order chi connectivity index (χ0) is 23.5. The van der Waals surface area contributed by atoms with E-state index in [1.165, 1.54) is 6.92 Å². The Morgan fingerprint density at radius 1 is 1.19 bits per heavy atom. The topological polar surface area (TPSA) is 93.1 Å².